The number of terminal acetylenes is 1. The van der Waals surface area contributed by atoms with Crippen LogP contribution in [0, 0.1) is 24.2 Å². The molecule has 0 aromatic rings. The van der Waals surface area contributed by atoms with Gasteiger partial charge in [-0.05, 0) is 25.2 Å². The smallest absolute Gasteiger partial charge is 0.272 e. The van der Waals surface area contributed by atoms with E-state index < -0.39 is 121 Å². The van der Waals surface area contributed by atoms with Crippen LogP contribution in [0.4, 0.5) is 0 Å². The van der Waals surface area contributed by atoms with Crippen LogP contribution in [0.15, 0.2) is 0 Å². The fourth-order valence-corrected chi connectivity index (χ4v) is 6.08. The summed E-state index contributed by atoms with van der Waals surface area (Å²) in [6.07, 6.45) is 5.70. The number of nitrogens with zero attached hydrogens (tertiary/aromatic N) is 2. The van der Waals surface area contributed by atoms with Crippen molar-refractivity contribution >= 4 is 53.2 Å². The molecule has 3 saturated heterocycles. The monoisotopic (exact) mass is 689 g/mol. The van der Waals surface area contributed by atoms with Gasteiger partial charge in [-0.25, -0.2) is 0 Å². The number of aliphatic hydroxyl groups excluding tert-OH is 1. The molecule has 1 unspecified atom stereocenters. The summed E-state index contributed by atoms with van der Waals surface area (Å²) >= 11 is 0. The van der Waals surface area contributed by atoms with Gasteiger partial charge in [0.2, 0.25) is 47.3 Å². The highest BCUT2D eigenvalue weighted by molar-refractivity contribution is 6.09. The molecule has 3 heterocycles. The van der Waals surface area contributed by atoms with E-state index in [1.807, 2.05) is 0 Å². The molecule has 19 heteroatoms. The van der Waals surface area contributed by atoms with Gasteiger partial charge in [-0.15, -0.1) is 12.3 Å². The summed E-state index contributed by atoms with van der Waals surface area (Å²) in [6.45, 7) is 0.478. The van der Waals surface area contributed by atoms with Crippen molar-refractivity contribution in [2.75, 3.05) is 39.3 Å². The second-order valence-electron chi connectivity index (χ2n) is 12.0. The highest BCUT2D eigenvalue weighted by Crippen LogP contribution is 2.49. The number of carbonyl (C=O) groups is 9. The van der Waals surface area contributed by atoms with Crippen LogP contribution in [-0.2, 0) is 43.2 Å². The van der Waals surface area contributed by atoms with Crippen LogP contribution in [-0.4, -0.2) is 131 Å². The Morgan fingerprint density at radius 3 is 2.06 bits per heavy atom. The van der Waals surface area contributed by atoms with E-state index in [-0.39, 0.29) is 32.4 Å². The summed E-state index contributed by atoms with van der Waals surface area (Å²) in [5, 5.41) is 23.7. The summed E-state index contributed by atoms with van der Waals surface area (Å²) in [6, 6.07) is -4.06. The Hall–Kier alpha value is -5.25. The van der Waals surface area contributed by atoms with E-state index >= 15 is 0 Å². The quantitative estimate of drug-likeness (QED) is 0.0927. The molecule has 3 aliphatic heterocycles. The van der Waals surface area contributed by atoms with E-state index in [9.17, 15) is 48.3 Å². The van der Waals surface area contributed by atoms with Crippen molar-refractivity contribution in [3.8, 4) is 12.3 Å². The number of hydrogen-bond acceptors (Lipinski definition) is 10. The number of nitrogens with two attached hydrogens (primary N) is 1. The normalized spacial score (nSPS) is 27.5. The van der Waals surface area contributed by atoms with Crippen LogP contribution in [0.3, 0.4) is 0 Å². The second kappa shape index (κ2) is 16.7. The SMILES string of the molecule is C#C[C@@H](CC)[C@@H]1NC(=O)CNC(=O)CNC(=O)[C@H]([C@@H](C)CCO)N2C(=O)C23CCCN3C(=O)[C@H](CC(N)=O)NC(=O)CNC(=O)CNC1=O. The summed E-state index contributed by atoms with van der Waals surface area (Å²) in [5.74, 6) is -6.26. The highest BCUT2D eigenvalue weighted by atomic mass is 16.3. The third-order valence-corrected chi connectivity index (χ3v) is 8.63. The first-order chi connectivity index (χ1) is 23.2. The maximum Gasteiger partial charge on any atom is 0.272 e. The number of rotatable bonds is 7. The average Bonchev–Trinajstić information content (AvgIpc) is 3.38. The zero-order chi connectivity index (χ0) is 36.5. The number of hydrogen-bond donors (Lipinski definition) is 8. The molecule has 6 atom stereocenters. The first kappa shape index (κ1) is 38.2. The minimum absolute atomic E-state index is 0.0371. The van der Waals surface area contributed by atoms with Gasteiger partial charge in [0.1, 0.15) is 18.1 Å². The molecule has 268 valence electrons. The van der Waals surface area contributed by atoms with Gasteiger partial charge in [0.25, 0.3) is 5.91 Å². The summed E-state index contributed by atoms with van der Waals surface area (Å²) in [4.78, 5) is 119. The van der Waals surface area contributed by atoms with Crippen LogP contribution in [0.2, 0.25) is 0 Å². The first-order valence-electron chi connectivity index (χ1n) is 15.9. The molecular weight excluding hydrogens is 646 g/mol. The van der Waals surface area contributed by atoms with Gasteiger partial charge in [0.05, 0.1) is 32.6 Å². The molecule has 1 spiro atoms. The first-order valence-corrected chi connectivity index (χ1v) is 15.9. The lowest BCUT2D eigenvalue weighted by Gasteiger charge is -2.31. The van der Waals surface area contributed by atoms with Gasteiger partial charge in [0, 0.05) is 25.5 Å². The molecule has 3 aliphatic rings. The van der Waals surface area contributed by atoms with Crippen LogP contribution in [0.25, 0.3) is 0 Å². The minimum atomic E-state index is -1.59. The molecule has 49 heavy (non-hydrogen) atoms. The molecule has 9 N–H and O–H groups in total. The van der Waals surface area contributed by atoms with E-state index in [4.69, 9.17) is 12.2 Å². The van der Waals surface area contributed by atoms with E-state index in [1.54, 1.807) is 13.8 Å². The van der Waals surface area contributed by atoms with Crippen LogP contribution in [0.1, 0.15) is 46.0 Å². The number of amides is 9. The van der Waals surface area contributed by atoms with Crippen molar-refractivity contribution in [2.45, 2.75) is 69.7 Å². The van der Waals surface area contributed by atoms with Gasteiger partial charge >= 0.3 is 0 Å². The predicted octanol–water partition coefficient (Wildman–Crippen LogP) is -5.48. The van der Waals surface area contributed by atoms with Gasteiger partial charge in [-0.3, -0.25) is 48.1 Å². The van der Waals surface area contributed by atoms with Gasteiger partial charge in [0.15, 0.2) is 5.66 Å². The number of carbonyl (C=O) groups excluding carboxylic acids is 9. The molecular formula is C30H43N9O10. The van der Waals surface area contributed by atoms with Gasteiger partial charge in [-0.2, -0.15) is 0 Å². The molecule has 0 aromatic heterocycles. The van der Waals surface area contributed by atoms with Crippen molar-refractivity contribution in [1.82, 2.24) is 41.7 Å². The third-order valence-electron chi connectivity index (χ3n) is 8.63. The number of nitrogens with one attached hydrogen (secondary N) is 6. The van der Waals surface area contributed by atoms with Crippen molar-refractivity contribution in [3.05, 3.63) is 0 Å². The Kier molecular flexibility index (Phi) is 13.0. The molecule has 0 bridgehead atoms. The minimum Gasteiger partial charge on any atom is -0.396 e. The predicted molar refractivity (Wildman–Crippen MR) is 168 cm³/mol. The van der Waals surface area contributed by atoms with Crippen molar-refractivity contribution in [1.29, 1.82) is 0 Å². The van der Waals surface area contributed by atoms with E-state index in [2.05, 4.69) is 37.8 Å². The fraction of sp³-hybridized carbons (Fsp3) is 0.633. The van der Waals surface area contributed by atoms with E-state index in [0.29, 0.717) is 6.42 Å². The average molecular weight is 690 g/mol. The largest absolute Gasteiger partial charge is 0.396 e. The fourth-order valence-electron chi connectivity index (χ4n) is 6.08. The zero-order valence-electron chi connectivity index (χ0n) is 27.3. The Balaban J connectivity index is 1.93. The molecule has 0 radical (unpaired) electrons. The maximum absolute atomic E-state index is 13.8. The van der Waals surface area contributed by atoms with Crippen LogP contribution in [0.5, 0.6) is 0 Å². The molecule has 0 aromatic carbocycles. The summed E-state index contributed by atoms with van der Waals surface area (Å²) < 4.78 is 0. The van der Waals surface area contributed by atoms with Crippen molar-refractivity contribution < 1.29 is 48.3 Å². The molecule has 0 aliphatic carbocycles. The maximum atomic E-state index is 13.8. The van der Waals surface area contributed by atoms with Crippen LogP contribution < -0.4 is 37.6 Å². The lowest BCUT2D eigenvalue weighted by molar-refractivity contribution is -0.141. The summed E-state index contributed by atoms with van der Waals surface area (Å²) in [5.41, 5.74) is 3.77. The number of primary amides is 1. The molecule has 19 nitrogen and oxygen atoms in total. The Bertz CT molecular complexity index is 1410. The summed E-state index contributed by atoms with van der Waals surface area (Å²) in [7, 11) is 0. The van der Waals surface area contributed by atoms with Crippen LogP contribution >= 0.6 is 0 Å². The lowest BCUT2D eigenvalue weighted by Crippen LogP contribution is -2.56. The number of aliphatic hydroxyl groups is 1. The molecule has 0 saturated carbocycles. The van der Waals surface area contributed by atoms with Crippen molar-refractivity contribution in [3.63, 3.8) is 0 Å². The third kappa shape index (κ3) is 9.01. The Morgan fingerprint density at radius 2 is 1.51 bits per heavy atom. The molecule has 3 fully saturated rings. The topological polar surface area (TPSA) is 278 Å². The van der Waals surface area contributed by atoms with Gasteiger partial charge < -0.3 is 47.6 Å². The lowest BCUT2D eigenvalue weighted by atomic mass is 9.97. The molecule has 3 rings (SSSR count). The molecule has 9 amide bonds. The Morgan fingerprint density at radius 1 is 0.939 bits per heavy atom. The van der Waals surface area contributed by atoms with E-state index in [0.717, 1.165) is 0 Å². The highest BCUT2D eigenvalue weighted by Gasteiger charge is 2.73. The Labute approximate surface area is 282 Å². The van der Waals surface area contributed by atoms with Crippen molar-refractivity contribution in [2.24, 2.45) is 17.6 Å². The zero-order valence-corrected chi connectivity index (χ0v) is 27.3. The standard InChI is InChI=1S/C30H43N9O10/c1-4-17(5-2)24-26(46)34-12-20(42)32-14-22(44)36-18(11-19(31)41)28(48)38-9-6-8-30(38)29(49)39(30)25(16(3)7-10-40)27(47)35-13-21(43)33-15-23(45)37-24/h1,16-18,24-25,40H,5-15H2,2-3H3,(H2,31,41)(H,32,42)(H,33,43)(H,34,46)(H,35,47)(H,36,44)(H,37,45)/t16-,17-,18-,24-,25-,30?,39?/m0/s1. The van der Waals surface area contributed by atoms with Gasteiger partial charge in [-0.1, -0.05) is 13.8 Å². The second-order valence-corrected chi connectivity index (χ2v) is 12.0. The van der Waals surface area contributed by atoms with E-state index in [1.165, 1.54) is 9.80 Å².